The second-order valence-corrected chi connectivity index (χ2v) is 16.8. The zero-order chi connectivity index (χ0) is 33.6. The highest BCUT2D eigenvalue weighted by Crippen LogP contribution is 2.50. The first kappa shape index (κ1) is 32.5. The van der Waals surface area contributed by atoms with Gasteiger partial charge in [0.1, 0.15) is 0 Å². The Morgan fingerprint density at radius 2 is 0.714 bits per heavy atom. The van der Waals surface area contributed by atoms with Gasteiger partial charge in [0.25, 0.3) is 0 Å². The van der Waals surface area contributed by atoms with Crippen LogP contribution in [0.25, 0.3) is 11.1 Å². The Hall–Kier alpha value is -5.03. The van der Waals surface area contributed by atoms with E-state index in [1.54, 1.807) is 0 Å². The highest BCUT2D eigenvalue weighted by Gasteiger charge is 2.30. The molecule has 1 atom stereocenters. The summed E-state index contributed by atoms with van der Waals surface area (Å²) in [4.78, 5) is 0. The summed E-state index contributed by atoms with van der Waals surface area (Å²) in [7, 11) is -0.662. The zero-order valence-corrected chi connectivity index (χ0v) is 29.5. The van der Waals surface area contributed by atoms with Crippen molar-refractivity contribution in [2.45, 2.75) is 37.8 Å². The van der Waals surface area contributed by atoms with Gasteiger partial charge in [-0.2, -0.15) is 0 Å². The van der Waals surface area contributed by atoms with Crippen molar-refractivity contribution >= 4 is 18.5 Å². The minimum Gasteiger partial charge on any atom is -0.0622 e. The van der Waals surface area contributed by atoms with E-state index in [1.807, 2.05) is 0 Å². The van der Waals surface area contributed by atoms with E-state index in [9.17, 15) is 0 Å². The molecule has 0 bridgehead atoms. The molecule has 0 spiro atoms. The Kier molecular flexibility index (Phi) is 9.70. The number of benzene rings is 7. The lowest BCUT2D eigenvalue weighted by molar-refractivity contribution is 0.793. The molecule has 1 heteroatoms. The summed E-state index contributed by atoms with van der Waals surface area (Å²) in [5, 5.41) is 2.90. The molecule has 0 heterocycles. The van der Waals surface area contributed by atoms with E-state index in [4.69, 9.17) is 0 Å². The average molecular weight is 651 g/mol. The van der Waals surface area contributed by atoms with Crippen molar-refractivity contribution in [2.75, 3.05) is 0 Å². The molecule has 7 aromatic rings. The van der Waals surface area contributed by atoms with Crippen molar-refractivity contribution in [1.29, 1.82) is 0 Å². The number of hydrogen-bond acceptors (Lipinski definition) is 0. The summed E-state index contributed by atoms with van der Waals surface area (Å²) >= 11 is 0. The molecule has 7 rings (SSSR count). The van der Waals surface area contributed by atoms with Gasteiger partial charge in [0.05, 0.1) is 0 Å². The standard InChI is InChI=1S/C48H43P/c1-48(2,3)49(43-29-17-8-18-30-43)45-32-20-19-31-44(45)40-33-41(46(36-21-9-4-10-22-36)37-23-11-5-12-24-37)35-42(34-40)47(38-25-13-6-14-26-38)39-27-15-7-16-28-39/h4-35,46-47H,1-3H3. The van der Waals surface area contributed by atoms with E-state index in [1.165, 1.54) is 55.1 Å². The van der Waals surface area contributed by atoms with Crippen molar-refractivity contribution in [3.05, 3.63) is 228 Å². The molecule has 0 amide bonds. The molecule has 1 unspecified atom stereocenters. The van der Waals surface area contributed by atoms with E-state index in [-0.39, 0.29) is 17.0 Å². The van der Waals surface area contributed by atoms with Gasteiger partial charge in [-0.15, -0.1) is 0 Å². The van der Waals surface area contributed by atoms with Gasteiger partial charge in [0.2, 0.25) is 0 Å². The first-order chi connectivity index (χ1) is 24.0. The maximum absolute atomic E-state index is 2.48. The van der Waals surface area contributed by atoms with Crippen LogP contribution in [0.3, 0.4) is 0 Å². The summed E-state index contributed by atoms with van der Waals surface area (Å²) in [6, 6.07) is 71.7. The fourth-order valence-electron chi connectivity index (χ4n) is 7.28. The van der Waals surface area contributed by atoms with Crippen LogP contribution in [0.1, 0.15) is 66.0 Å². The van der Waals surface area contributed by atoms with Gasteiger partial charge in [0, 0.05) is 11.8 Å². The van der Waals surface area contributed by atoms with Crippen molar-refractivity contribution in [3.8, 4) is 11.1 Å². The van der Waals surface area contributed by atoms with Gasteiger partial charge in [-0.25, -0.2) is 0 Å². The van der Waals surface area contributed by atoms with Crippen LogP contribution in [-0.4, -0.2) is 5.16 Å². The van der Waals surface area contributed by atoms with E-state index in [2.05, 4.69) is 215 Å². The van der Waals surface area contributed by atoms with Gasteiger partial charge >= 0.3 is 0 Å². The smallest absolute Gasteiger partial charge is 0.0340 e. The number of rotatable bonds is 9. The summed E-state index contributed by atoms with van der Waals surface area (Å²) < 4.78 is 0. The molecule has 0 aromatic heterocycles. The monoisotopic (exact) mass is 650 g/mol. The molecule has 0 aliphatic rings. The minimum absolute atomic E-state index is 0.0699. The van der Waals surface area contributed by atoms with E-state index in [0.717, 1.165) is 0 Å². The van der Waals surface area contributed by atoms with E-state index >= 15 is 0 Å². The van der Waals surface area contributed by atoms with Gasteiger partial charge in [0.15, 0.2) is 0 Å². The first-order valence-corrected chi connectivity index (χ1v) is 18.6. The molecule has 0 radical (unpaired) electrons. The number of hydrogen-bond donors (Lipinski definition) is 0. The predicted octanol–water partition coefficient (Wildman–Crippen LogP) is 11.9. The molecule has 0 aliphatic carbocycles. The van der Waals surface area contributed by atoms with Crippen LogP contribution in [0.5, 0.6) is 0 Å². The summed E-state index contributed by atoms with van der Waals surface area (Å²) in [6.07, 6.45) is 0. The van der Waals surface area contributed by atoms with Crippen LogP contribution in [0, 0.1) is 0 Å². The summed E-state index contributed by atoms with van der Waals surface area (Å²) in [5.74, 6) is 0.164. The Morgan fingerprint density at radius 1 is 0.367 bits per heavy atom. The van der Waals surface area contributed by atoms with Crippen molar-refractivity contribution in [3.63, 3.8) is 0 Å². The molecule has 0 aliphatic heterocycles. The van der Waals surface area contributed by atoms with Crippen LogP contribution in [-0.2, 0) is 0 Å². The molecule has 0 fully saturated rings. The Balaban J connectivity index is 1.52. The summed E-state index contributed by atoms with van der Waals surface area (Å²) in [5.41, 5.74) is 10.4. The highest BCUT2D eigenvalue weighted by atomic mass is 31.1. The normalized spacial score (nSPS) is 12.3. The molecule has 0 saturated heterocycles. The fourth-order valence-corrected chi connectivity index (χ4v) is 10.2. The lowest BCUT2D eigenvalue weighted by Gasteiger charge is -2.34. The predicted molar refractivity (Wildman–Crippen MR) is 212 cm³/mol. The summed E-state index contributed by atoms with van der Waals surface area (Å²) in [6.45, 7) is 7.18. The van der Waals surface area contributed by atoms with Gasteiger partial charge in [-0.1, -0.05) is 215 Å². The lowest BCUT2D eigenvalue weighted by Crippen LogP contribution is -2.27. The molecule has 0 N–H and O–H groups in total. The van der Waals surface area contributed by atoms with Gasteiger partial charge in [-0.05, 0) is 68.2 Å². The maximum Gasteiger partial charge on any atom is 0.0340 e. The van der Waals surface area contributed by atoms with E-state index < -0.39 is 7.92 Å². The van der Waals surface area contributed by atoms with Crippen LogP contribution in [0.15, 0.2) is 194 Å². The second kappa shape index (κ2) is 14.6. The molecular weight excluding hydrogens is 608 g/mol. The largest absolute Gasteiger partial charge is 0.0622 e. The van der Waals surface area contributed by atoms with Crippen LogP contribution >= 0.6 is 7.92 Å². The second-order valence-electron chi connectivity index (χ2n) is 13.8. The van der Waals surface area contributed by atoms with Gasteiger partial charge < -0.3 is 0 Å². The average Bonchev–Trinajstić information content (AvgIpc) is 3.14. The lowest BCUT2D eigenvalue weighted by atomic mass is 9.79. The Bertz CT molecular complexity index is 1900. The van der Waals surface area contributed by atoms with E-state index in [0.29, 0.717) is 0 Å². The molecule has 0 saturated carbocycles. The first-order valence-electron chi connectivity index (χ1n) is 17.3. The zero-order valence-electron chi connectivity index (χ0n) is 28.6. The van der Waals surface area contributed by atoms with Gasteiger partial charge in [-0.3, -0.25) is 0 Å². The third-order valence-corrected chi connectivity index (χ3v) is 12.3. The van der Waals surface area contributed by atoms with Crippen molar-refractivity contribution in [2.24, 2.45) is 0 Å². The molecule has 0 nitrogen and oxygen atoms in total. The Morgan fingerprint density at radius 3 is 1.10 bits per heavy atom. The minimum atomic E-state index is -0.662. The molecule has 49 heavy (non-hydrogen) atoms. The maximum atomic E-state index is 2.48. The topological polar surface area (TPSA) is 0 Å². The molecule has 7 aromatic carbocycles. The third-order valence-electron chi connectivity index (χ3n) is 9.32. The molecule has 240 valence electrons. The SMILES string of the molecule is CC(C)(C)P(c1ccccc1)c1ccccc1-c1cc(C(c2ccccc2)c2ccccc2)cc(C(c2ccccc2)c2ccccc2)c1. The van der Waals surface area contributed by atoms with Crippen LogP contribution in [0.4, 0.5) is 0 Å². The van der Waals surface area contributed by atoms with Crippen LogP contribution < -0.4 is 10.6 Å². The third kappa shape index (κ3) is 7.22. The quantitative estimate of drug-likeness (QED) is 0.108. The van der Waals surface area contributed by atoms with Crippen LogP contribution in [0.2, 0.25) is 0 Å². The molecular formula is C48H43P. The Labute approximate surface area is 293 Å². The highest BCUT2D eigenvalue weighted by molar-refractivity contribution is 7.74. The van der Waals surface area contributed by atoms with Crippen molar-refractivity contribution < 1.29 is 0 Å². The fraction of sp³-hybridized carbons (Fsp3) is 0.125. The van der Waals surface area contributed by atoms with Crippen molar-refractivity contribution in [1.82, 2.24) is 0 Å².